The number of aromatic nitrogens is 4. The zero-order valence-corrected chi connectivity index (χ0v) is 19.1. The van der Waals surface area contributed by atoms with E-state index >= 15 is 0 Å². The van der Waals surface area contributed by atoms with Crippen molar-refractivity contribution >= 4 is 56.5 Å². The van der Waals surface area contributed by atoms with Gasteiger partial charge in [-0.2, -0.15) is 5.10 Å². The zero-order valence-electron chi connectivity index (χ0n) is 16.7. The number of anilines is 1. The maximum absolute atomic E-state index is 13.4. The Morgan fingerprint density at radius 2 is 1.90 bits per heavy atom. The number of benzene rings is 1. The number of carbonyl (C=O) groups is 1. The molecule has 0 bridgehead atoms. The van der Waals surface area contributed by atoms with Crippen molar-refractivity contribution in [2.45, 2.75) is 27.3 Å². The average molecular weight is 478 g/mol. The summed E-state index contributed by atoms with van der Waals surface area (Å²) < 4.78 is 2.30. The van der Waals surface area contributed by atoms with Crippen molar-refractivity contribution in [3.8, 4) is 5.69 Å². The van der Waals surface area contributed by atoms with Crippen molar-refractivity contribution in [1.29, 1.82) is 0 Å². The Kier molecular flexibility index (Phi) is 5.50. The SMILES string of the molecule is Cc1cc(NC(=O)Cn2c(=O)n(-c3ccc(Cl)c(Cl)c3)c(=O)c3c(C)c(C)sc32)n[nH]1. The van der Waals surface area contributed by atoms with Crippen molar-refractivity contribution in [3.05, 3.63) is 71.3 Å². The summed E-state index contributed by atoms with van der Waals surface area (Å²) in [4.78, 5) is 40.6. The molecule has 11 heteroatoms. The summed E-state index contributed by atoms with van der Waals surface area (Å²) in [5.41, 5.74) is 0.695. The maximum Gasteiger partial charge on any atom is 0.337 e. The smallest absolute Gasteiger partial charge is 0.308 e. The topological polar surface area (TPSA) is 102 Å². The highest BCUT2D eigenvalue weighted by molar-refractivity contribution is 7.18. The second kappa shape index (κ2) is 7.99. The minimum Gasteiger partial charge on any atom is -0.308 e. The fraction of sp³-hybridized carbons (Fsp3) is 0.200. The van der Waals surface area contributed by atoms with Crippen molar-refractivity contribution in [1.82, 2.24) is 19.3 Å². The third-order valence-corrected chi connectivity index (χ3v) is 6.86. The summed E-state index contributed by atoms with van der Waals surface area (Å²) in [5, 5.41) is 10.3. The lowest BCUT2D eigenvalue weighted by Gasteiger charge is -2.12. The predicted molar refractivity (Wildman–Crippen MR) is 123 cm³/mol. The Morgan fingerprint density at radius 3 is 2.55 bits per heavy atom. The lowest BCUT2D eigenvalue weighted by molar-refractivity contribution is -0.116. The number of halogens is 2. The third kappa shape index (κ3) is 3.80. The number of fused-ring (bicyclic) bond motifs is 1. The zero-order chi connectivity index (χ0) is 22.4. The number of nitrogens with one attached hydrogen (secondary N) is 2. The second-order valence-electron chi connectivity index (χ2n) is 7.06. The molecule has 0 saturated carbocycles. The molecular weight excluding hydrogens is 461 g/mol. The largest absolute Gasteiger partial charge is 0.337 e. The Labute approximate surface area is 190 Å². The molecule has 0 atom stereocenters. The van der Waals surface area contributed by atoms with E-state index < -0.39 is 17.2 Å². The van der Waals surface area contributed by atoms with E-state index in [-0.39, 0.29) is 17.3 Å². The number of carbonyl (C=O) groups excluding carboxylic acids is 1. The molecule has 3 aromatic heterocycles. The molecule has 2 N–H and O–H groups in total. The highest BCUT2D eigenvalue weighted by atomic mass is 35.5. The number of thiophene rings is 1. The highest BCUT2D eigenvalue weighted by Crippen LogP contribution is 2.28. The van der Waals surface area contributed by atoms with E-state index in [0.717, 1.165) is 20.7 Å². The van der Waals surface area contributed by atoms with Gasteiger partial charge in [0.15, 0.2) is 5.82 Å². The first-order valence-electron chi connectivity index (χ1n) is 9.20. The number of nitrogens with zero attached hydrogens (tertiary/aromatic N) is 3. The molecule has 0 aliphatic rings. The van der Waals surface area contributed by atoms with E-state index in [0.29, 0.717) is 21.1 Å². The number of hydrogen-bond acceptors (Lipinski definition) is 5. The van der Waals surface area contributed by atoms with Gasteiger partial charge in [0.25, 0.3) is 5.56 Å². The van der Waals surface area contributed by atoms with E-state index in [1.165, 1.54) is 34.1 Å². The normalized spacial score (nSPS) is 11.3. The number of aryl methyl sites for hydroxylation is 3. The quantitative estimate of drug-likeness (QED) is 0.466. The van der Waals surface area contributed by atoms with Gasteiger partial charge in [0.05, 0.1) is 21.1 Å². The summed E-state index contributed by atoms with van der Waals surface area (Å²) in [5.74, 6) is -0.0962. The molecule has 4 aromatic rings. The lowest BCUT2D eigenvalue weighted by atomic mass is 10.2. The fourth-order valence-electron chi connectivity index (χ4n) is 3.26. The van der Waals surface area contributed by atoms with Crippen LogP contribution in [0.1, 0.15) is 16.1 Å². The van der Waals surface area contributed by atoms with E-state index in [9.17, 15) is 14.4 Å². The van der Waals surface area contributed by atoms with Gasteiger partial charge in [-0.25, -0.2) is 9.36 Å². The molecule has 0 fully saturated rings. The summed E-state index contributed by atoms with van der Waals surface area (Å²) in [7, 11) is 0. The molecule has 1 amide bonds. The minimum absolute atomic E-state index is 0.210. The summed E-state index contributed by atoms with van der Waals surface area (Å²) >= 11 is 13.4. The first kappa shape index (κ1) is 21.4. The van der Waals surface area contributed by atoms with Crippen molar-refractivity contribution in [2.75, 3.05) is 5.32 Å². The molecule has 160 valence electrons. The molecule has 4 rings (SSSR count). The monoisotopic (exact) mass is 477 g/mol. The highest BCUT2D eigenvalue weighted by Gasteiger charge is 2.21. The van der Waals surface area contributed by atoms with E-state index in [1.807, 2.05) is 13.8 Å². The van der Waals surface area contributed by atoms with E-state index in [1.54, 1.807) is 13.0 Å². The van der Waals surface area contributed by atoms with E-state index in [2.05, 4.69) is 15.5 Å². The van der Waals surface area contributed by atoms with Gasteiger partial charge in [-0.3, -0.25) is 19.3 Å². The van der Waals surface area contributed by atoms with Gasteiger partial charge in [-0.1, -0.05) is 23.2 Å². The van der Waals surface area contributed by atoms with Gasteiger partial charge < -0.3 is 5.32 Å². The summed E-state index contributed by atoms with van der Waals surface area (Å²) in [6, 6.07) is 6.17. The van der Waals surface area contributed by atoms with Gasteiger partial charge in [-0.05, 0) is 44.5 Å². The molecule has 0 radical (unpaired) electrons. The summed E-state index contributed by atoms with van der Waals surface area (Å²) in [6.07, 6.45) is 0. The minimum atomic E-state index is -0.648. The van der Waals surface area contributed by atoms with E-state index in [4.69, 9.17) is 23.2 Å². The molecule has 1 aromatic carbocycles. The molecule has 31 heavy (non-hydrogen) atoms. The van der Waals surface area contributed by atoms with Gasteiger partial charge in [0, 0.05) is 16.6 Å². The lowest BCUT2D eigenvalue weighted by Crippen LogP contribution is -2.40. The summed E-state index contributed by atoms with van der Waals surface area (Å²) in [6.45, 7) is 5.20. The van der Waals surface area contributed by atoms with Gasteiger partial charge in [-0.15, -0.1) is 11.3 Å². The van der Waals surface area contributed by atoms with Crippen LogP contribution in [0.2, 0.25) is 10.0 Å². The van der Waals surface area contributed by atoms with Gasteiger partial charge in [0.2, 0.25) is 5.91 Å². The molecule has 0 unspecified atom stereocenters. The Balaban J connectivity index is 1.90. The number of amides is 1. The van der Waals surface area contributed by atoms with Gasteiger partial charge in [0.1, 0.15) is 11.4 Å². The molecule has 0 aliphatic heterocycles. The predicted octanol–water partition coefficient (Wildman–Crippen LogP) is 3.81. The van der Waals surface area contributed by atoms with Crippen LogP contribution in [0.25, 0.3) is 15.9 Å². The van der Waals surface area contributed by atoms with Crippen LogP contribution in [-0.2, 0) is 11.3 Å². The number of aromatic amines is 1. The van der Waals surface area contributed by atoms with Crippen LogP contribution < -0.4 is 16.6 Å². The van der Waals surface area contributed by atoms with Crippen molar-refractivity contribution < 1.29 is 4.79 Å². The first-order chi connectivity index (χ1) is 14.7. The maximum atomic E-state index is 13.4. The van der Waals surface area contributed by atoms with Gasteiger partial charge >= 0.3 is 5.69 Å². The van der Waals surface area contributed by atoms with Crippen LogP contribution in [0.15, 0.2) is 33.9 Å². The molecule has 0 saturated heterocycles. The number of rotatable bonds is 4. The molecule has 0 aliphatic carbocycles. The van der Waals surface area contributed by atoms with Crippen LogP contribution in [0.3, 0.4) is 0 Å². The number of hydrogen-bond donors (Lipinski definition) is 2. The van der Waals surface area contributed by atoms with Crippen molar-refractivity contribution in [2.24, 2.45) is 0 Å². The Bertz CT molecular complexity index is 1460. The van der Waals surface area contributed by atoms with Crippen LogP contribution in [0, 0.1) is 20.8 Å². The van der Waals surface area contributed by atoms with Crippen molar-refractivity contribution in [3.63, 3.8) is 0 Å². The Hall–Kier alpha value is -2.88. The third-order valence-electron chi connectivity index (χ3n) is 4.89. The van der Waals surface area contributed by atoms with Crippen LogP contribution in [0.5, 0.6) is 0 Å². The van der Waals surface area contributed by atoms with Crippen LogP contribution in [0.4, 0.5) is 5.82 Å². The Morgan fingerprint density at radius 1 is 1.16 bits per heavy atom. The molecule has 3 heterocycles. The van der Waals surface area contributed by atoms with Crippen LogP contribution >= 0.6 is 34.5 Å². The average Bonchev–Trinajstić information content (AvgIpc) is 3.24. The second-order valence-corrected chi connectivity index (χ2v) is 9.07. The number of H-pyrrole nitrogens is 1. The fourth-order valence-corrected chi connectivity index (χ4v) is 4.69. The van der Waals surface area contributed by atoms with Crippen LogP contribution in [-0.4, -0.2) is 25.2 Å². The standard InChI is InChI=1S/C20H17Cl2N5O3S/c1-9-6-15(25-24-9)23-16(28)8-26-19-17(10(2)11(3)31-19)18(29)27(20(26)30)12-4-5-13(21)14(22)7-12/h4-7H,8H2,1-3H3,(H2,23,24,25,28). The first-order valence-corrected chi connectivity index (χ1v) is 10.8. The molecular formula is C20H17Cl2N5O3S. The molecule has 8 nitrogen and oxygen atoms in total. The molecule has 0 spiro atoms.